The van der Waals surface area contributed by atoms with E-state index in [0.29, 0.717) is 0 Å². The Balaban J connectivity index is 2.12. The number of nitrogens with zero attached hydrogens (tertiary/aromatic N) is 1. The highest BCUT2D eigenvalue weighted by molar-refractivity contribution is 5.75. The van der Waals surface area contributed by atoms with Crippen molar-refractivity contribution in [3.8, 4) is 11.3 Å². The number of hydrogen-bond donors (Lipinski definition) is 1. The van der Waals surface area contributed by atoms with Crippen molar-refractivity contribution < 1.29 is 0 Å². The SMILES string of the molecule is Cc1ccc2c(c1)-c1c(ccn1CC(C)N)C2. The topological polar surface area (TPSA) is 30.9 Å². The molecule has 0 fully saturated rings. The third-order valence-electron chi connectivity index (χ3n) is 3.43. The predicted molar refractivity (Wildman–Crippen MR) is 71.1 cm³/mol. The van der Waals surface area contributed by atoms with Crippen LogP contribution in [0.2, 0.25) is 0 Å². The van der Waals surface area contributed by atoms with Crippen LogP contribution in [-0.2, 0) is 13.0 Å². The van der Waals surface area contributed by atoms with Crippen LogP contribution in [0.5, 0.6) is 0 Å². The van der Waals surface area contributed by atoms with Crippen molar-refractivity contribution in [2.75, 3.05) is 0 Å². The maximum absolute atomic E-state index is 5.91. The summed E-state index contributed by atoms with van der Waals surface area (Å²) in [6.07, 6.45) is 3.23. The average Bonchev–Trinajstić information content (AvgIpc) is 2.78. The van der Waals surface area contributed by atoms with Gasteiger partial charge in [0.15, 0.2) is 0 Å². The van der Waals surface area contributed by atoms with Crippen LogP contribution in [-0.4, -0.2) is 10.6 Å². The molecular weight excluding hydrogens is 208 g/mol. The van der Waals surface area contributed by atoms with Crippen molar-refractivity contribution in [3.05, 3.63) is 47.2 Å². The first-order valence-corrected chi connectivity index (χ1v) is 6.18. The zero-order chi connectivity index (χ0) is 12.0. The van der Waals surface area contributed by atoms with Crippen molar-refractivity contribution in [2.45, 2.75) is 32.9 Å². The molecular formula is C15H18N2. The van der Waals surface area contributed by atoms with E-state index in [1.807, 2.05) is 0 Å². The summed E-state index contributed by atoms with van der Waals surface area (Å²) in [4.78, 5) is 0. The number of fused-ring (bicyclic) bond motifs is 3. The number of aryl methyl sites for hydroxylation is 1. The Morgan fingerprint density at radius 1 is 1.29 bits per heavy atom. The van der Waals surface area contributed by atoms with E-state index >= 15 is 0 Å². The summed E-state index contributed by atoms with van der Waals surface area (Å²) in [7, 11) is 0. The van der Waals surface area contributed by atoms with Crippen molar-refractivity contribution in [2.24, 2.45) is 5.73 Å². The van der Waals surface area contributed by atoms with Crippen molar-refractivity contribution in [1.82, 2.24) is 4.57 Å². The molecule has 2 aromatic rings. The van der Waals surface area contributed by atoms with Gasteiger partial charge in [0.1, 0.15) is 0 Å². The van der Waals surface area contributed by atoms with Crippen LogP contribution in [0.15, 0.2) is 30.5 Å². The first-order valence-electron chi connectivity index (χ1n) is 6.18. The molecule has 2 N–H and O–H groups in total. The second-order valence-corrected chi connectivity index (χ2v) is 5.16. The Labute approximate surface area is 102 Å². The zero-order valence-corrected chi connectivity index (χ0v) is 10.4. The molecule has 0 saturated carbocycles. The van der Waals surface area contributed by atoms with Gasteiger partial charge in [-0.15, -0.1) is 0 Å². The Morgan fingerprint density at radius 3 is 2.88 bits per heavy atom. The van der Waals surface area contributed by atoms with Gasteiger partial charge in [0.05, 0.1) is 5.69 Å². The molecule has 0 spiro atoms. The number of rotatable bonds is 2. The summed E-state index contributed by atoms with van der Waals surface area (Å²) in [5, 5.41) is 0. The fourth-order valence-electron chi connectivity index (χ4n) is 2.72. The van der Waals surface area contributed by atoms with Crippen LogP contribution in [0, 0.1) is 6.92 Å². The van der Waals surface area contributed by atoms with E-state index in [4.69, 9.17) is 5.73 Å². The first kappa shape index (κ1) is 10.6. The molecule has 1 atom stereocenters. The van der Waals surface area contributed by atoms with Gasteiger partial charge in [-0.05, 0) is 37.1 Å². The highest BCUT2D eigenvalue weighted by Crippen LogP contribution is 2.37. The number of nitrogens with two attached hydrogens (primary N) is 1. The molecule has 0 radical (unpaired) electrons. The normalized spacial score (nSPS) is 14.5. The van der Waals surface area contributed by atoms with E-state index in [1.54, 1.807) is 0 Å². The highest BCUT2D eigenvalue weighted by atomic mass is 15.0. The molecule has 0 bridgehead atoms. The van der Waals surface area contributed by atoms with Crippen molar-refractivity contribution in [1.29, 1.82) is 0 Å². The van der Waals surface area contributed by atoms with Crippen molar-refractivity contribution in [3.63, 3.8) is 0 Å². The fraction of sp³-hybridized carbons (Fsp3) is 0.333. The lowest BCUT2D eigenvalue weighted by molar-refractivity contribution is 0.596. The summed E-state index contributed by atoms with van der Waals surface area (Å²) in [5.74, 6) is 0. The quantitative estimate of drug-likeness (QED) is 0.715. The van der Waals surface area contributed by atoms with Crippen LogP contribution in [0.25, 0.3) is 11.3 Å². The second kappa shape index (κ2) is 3.74. The molecule has 0 amide bonds. The third kappa shape index (κ3) is 1.69. The van der Waals surface area contributed by atoms with Gasteiger partial charge in [-0.3, -0.25) is 0 Å². The van der Waals surface area contributed by atoms with E-state index in [0.717, 1.165) is 13.0 Å². The van der Waals surface area contributed by atoms with Gasteiger partial charge in [0.25, 0.3) is 0 Å². The van der Waals surface area contributed by atoms with Gasteiger partial charge in [0.2, 0.25) is 0 Å². The number of benzene rings is 1. The lowest BCUT2D eigenvalue weighted by atomic mass is 10.1. The Bertz CT molecular complexity index is 564. The summed E-state index contributed by atoms with van der Waals surface area (Å²) >= 11 is 0. The average molecular weight is 226 g/mol. The third-order valence-corrected chi connectivity index (χ3v) is 3.43. The van der Waals surface area contributed by atoms with Gasteiger partial charge in [0, 0.05) is 30.8 Å². The van der Waals surface area contributed by atoms with Gasteiger partial charge < -0.3 is 10.3 Å². The summed E-state index contributed by atoms with van der Waals surface area (Å²) in [6.45, 7) is 5.10. The molecule has 1 aromatic carbocycles. The van der Waals surface area contributed by atoms with Crippen LogP contribution < -0.4 is 5.73 Å². The smallest absolute Gasteiger partial charge is 0.0519 e. The molecule has 1 heterocycles. The Kier molecular flexibility index (Phi) is 2.33. The molecule has 1 aliphatic carbocycles. The Hall–Kier alpha value is -1.54. The molecule has 88 valence electrons. The molecule has 17 heavy (non-hydrogen) atoms. The fourth-order valence-corrected chi connectivity index (χ4v) is 2.72. The molecule has 1 unspecified atom stereocenters. The molecule has 2 heteroatoms. The van der Waals surface area contributed by atoms with Crippen molar-refractivity contribution >= 4 is 0 Å². The van der Waals surface area contributed by atoms with E-state index in [2.05, 4.69) is 48.9 Å². The zero-order valence-electron chi connectivity index (χ0n) is 10.4. The van der Waals surface area contributed by atoms with Gasteiger partial charge in [-0.25, -0.2) is 0 Å². The van der Waals surface area contributed by atoms with Crippen LogP contribution >= 0.6 is 0 Å². The molecule has 3 rings (SSSR count). The number of aromatic nitrogens is 1. The van der Waals surface area contributed by atoms with Crippen LogP contribution in [0.3, 0.4) is 0 Å². The van der Waals surface area contributed by atoms with E-state index in [9.17, 15) is 0 Å². The lowest BCUT2D eigenvalue weighted by Gasteiger charge is -2.12. The Morgan fingerprint density at radius 2 is 2.12 bits per heavy atom. The summed E-state index contributed by atoms with van der Waals surface area (Å²) in [6, 6.07) is 9.16. The molecule has 2 nitrogen and oxygen atoms in total. The van der Waals surface area contributed by atoms with Crippen LogP contribution in [0.4, 0.5) is 0 Å². The molecule has 1 aromatic heterocycles. The van der Waals surface area contributed by atoms with Gasteiger partial charge in [-0.1, -0.05) is 17.7 Å². The predicted octanol–water partition coefficient (Wildman–Crippen LogP) is 2.71. The molecule has 1 aliphatic rings. The standard InChI is InChI=1S/C15H18N2/c1-10-3-4-12-8-13-5-6-17(9-11(2)16)15(13)14(12)7-10/h3-7,11H,8-9,16H2,1-2H3. The number of hydrogen-bond acceptors (Lipinski definition) is 1. The monoisotopic (exact) mass is 226 g/mol. The second-order valence-electron chi connectivity index (χ2n) is 5.16. The maximum atomic E-state index is 5.91. The summed E-state index contributed by atoms with van der Waals surface area (Å²) < 4.78 is 2.30. The lowest BCUT2D eigenvalue weighted by Crippen LogP contribution is -2.22. The minimum Gasteiger partial charge on any atom is -0.346 e. The molecule has 0 saturated heterocycles. The van der Waals surface area contributed by atoms with Gasteiger partial charge >= 0.3 is 0 Å². The largest absolute Gasteiger partial charge is 0.346 e. The van der Waals surface area contributed by atoms with E-state index in [-0.39, 0.29) is 6.04 Å². The van der Waals surface area contributed by atoms with E-state index < -0.39 is 0 Å². The molecule has 0 aliphatic heterocycles. The highest BCUT2D eigenvalue weighted by Gasteiger charge is 2.22. The van der Waals surface area contributed by atoms with E-state index in [1.165, 1.54) is 27.9 Å². The first-order chi connectivity index (χ1) is 8.15. The minimum atomic E-state index is 0.195. The van der Waals surface area contributed by atoms with Crippen LogP contribution in [0.1, 0.15) is 23.6 Å². The summed E-state index contributed by atoms with van der Waals surface area (Å²) in [5.41, 5.74) is 12.9. The van der Waals surface area contributed by atoms with Gasteiger partial charge in [-0.2, -0.15) is 0 Å². The minimum absolute atomic E-state index is 0.195. The maximum Gasteiger partial charge on any atom is 0.0519 e.